The molecule has 0 bridgehead atoms. The first-order chi connectivity index (χ1) is 14.3. The molecule has 2 aliphatic rings. The molecule has 2 aromatic carbocycles. The highest BCUT2D eigenvalue weighted by Crippen LogP contribution is 2.33. The molecule has 2 aromatic rings. The fraction of sp³-hybridized carbons (Fsp3) is 0.458. The molecule has 1 amide bonds. The van der Waals surface area contributed by atoms with Crippen LogP contribution in [0.15, 0.2) is 42.5 Å². The van der Waals surface area contributed by atoms with Crippen molar-refractivity contribution in [3.05, 3.63) is 53.6 Å². The molecule has 0 atom stereocenters. The highest BCUT2D eigenvalue weighted by Gasteiger charge is 2.34. The van der Waals surface area contributed by atoms with E-state index in [4.69, 9.17) is 14.2 Å². The lowest BCUT2D eigenvalue weighted by Crippen LogP contribution is -2.33. The first-order valence-corrected chi connectivity index (χ1v) is 10.6. The predicted octanol–water partition coefficient (Wildman–Crippen LogP) is 4.83. The molecule has 5 nitrogen and oxygen atoms in total. The number of hydrogen-bond acceptors (Lipinski definition) is 4. The molecule has 0 saturated heterocycles. The Kier molecular flexibility index (Phi) is 6.23. The summed E-state index contributed by atoms with van der Waals surface area (Å²) in [6, 6.07) is 14.0. The van der Waals surface area contributed by atoms with Crippen molar-refractivity contribution in [2.75, 3.05) is 20.3 Å². The molecule has 0 N–H and O–H groups in total. The second-order valence-electron chi connectivity index (χ2n) is 7.75. The number of hydrogen-bond donors (Lipinski definition) is 0. The van der Waals surface area contributed by atoms with E-state index in [0.29, 0.717) is 19.3 Å². The Morgan fingerprint density at radius 2 is 1.69 bits per heavy atom. The molecule has 0 spiro atoms. The van der Waals surface area contributed by atoms with Crippen LogP contribution < -0.4 is 14.2 Å². The Morgan fingerprint density at radius 3 is 2.45 bits per heavy atom. The average Bonchev–Trinajstić information content (AvgIpc) is 3.39. The third-order valence-electron chi connectivity index (χ3n) is 5.81. The van der Waals surface area contributed by atoms with Gasteiger partial charge in [0, 0.05) is 18.2 Å². The van der Waals surface area contributed by atoms with E-state index in [1.54, 1.807) is 7.11 Å². The van der Waals surface area contributed by atoms with Crippen molar-refractivity contribution >= 4 is 5.91 Å². The van der Waals surface area contributed by atoms with Crippen LogP contribution in [0.3, 0.4) is 0 Å². The Hall–Kier alpha value is -2.69. The van der Waals surface area contributed by atoms with Crippen LogP contribution in [-0.2, 0) is 6.54 Å². The zero-order chi connectivity index (χ0) is 20.1. The number of para-hydroxylation sites is 2. The predicted molar refractivity (Wildman–Crippen MR) is 112 cm³/mol. The van der Waals surface area contributed by atoms with Crippen molar-refractivity contribution in [3.63, 3.8) is 0 Å². The smallest absolute Gasteiger partial charge is 0.254 e. The molecule has 5 heteroatoms. The lowest BCUT2D eigenvalue weighted by atomic mass is 10.1. The van der Waals surface area contributed by atoms with E-state index in [2.05, 4.69) is 4.90 Å². The number of ether oxygens (including phenoxy) is 3. The number of methoxy groups -OCH3 is 1. The Morgan fingerprint density at radius 1 is 0.966 bits per heavy atom. The number of fused-ring (bicyclic) bond motifs is 1. The standard InChI is InChI=1S/C24H29NO4/c1-27-22-10-4-5-11-23(22)29-15-7-6-14-28-20-12-13-21-18(16-20)17-25(24(21)26)19-8-2-3-9-19/h4-5,10-13,16,19H,2-3,6-9,14-15,17H2,1H3. The SMILES string of the molecule is COc1ccccc1OCCCCOc1ccc2c(c1)CN(C1CCCC1)C2=O. The van der Waals surface area contributed by atoms with Crippen molar-refractivity contribution in [3.8, 4) is 17.2 Å². The number of carbonyl (C=O) groups excluding carboxylic acids is 1. The summed E-state index contributed by atoms with van der Waals surface area (Å²) in [6.45, 7) is 1.98. The molecule has 0 radical (unpaired) electrons. The van der Waals surface area contributed by atoms with Crippen LogP contribution in [0, 0.1) is 0 Å². The van der Waals surface area contributed by atoms with Crippen LogP contribution in [0.25, 0.3) is 0 Å². The van der Waals surface area contributed by atoms with Gasteiger partial charge in [-0.05, 0) is 61.6 Å². The van der Waals surface area contributed by atoms with Gasteiger partial charge in [0.2, 0.25) is 0 Å². The topological polar surface area (TPSA) is 48.0 Å². The van der Waals surface area contributed by atoms with Gasteiger partial charge in [0.1, 0.15) is 5.75 Å². The Labute approximate surface area is 172 Å². The molecule has 154 valence electrons. The molecule has 1 fully saturated rings. The van der Waals surface area contributed by atoms with Gasteiger partial charge in [-0.15, -0.1) is 0 Å². The average molecular weight is 395 g/mol. The van der Waals surface area contributed by atoms with Crippen molar-refractivity contribution in [2.45, 2.75) is 51.1 Å². The van der Waals surface area contributed by atoms with Crippen LogP contribution in [0.5, 0.6) is 17.2 Å². The van der Waals surface area contributed by atoms with E-state index in [-0.39, 0.29) is 5.91 Å². The summed E-state index contributed by atoms with van der Waals surface area (Å²) in [4.78, 5) is 14.7. The number of unbranched alkanes of at least 4 members (excludes halogenated alkanes) is 1. The maximum Gasteiger partial charge on any atom is 0.254 e. The summed E-state index contributed by atoms with van der Waals surface area (Å²) < 4.78 is 17.0. The zero-order valence-corrected chi connectivity index (χ0v) is 17.1. The van der Waals surface area contributed by atoms with Crippen LogP contribution in [-0.4, -0.2) is 37.2 Å². The van der Waals surface area contributed by atoms with E-state index in [1.165, 1.54) is 12.8 Å². The zero-order valence-electron chi connectivity index (χ0n) is 17.1. The molecule has 1 aliphatic carbocycles. The molecular formula is C24H29NO4. The molecule has 1 aliphatic heterocycles. The van der Waals surface area contributed by atoms with Gasteiger partial charge in [-0.25, -0.2) is 0 Å². The molecule has 4 rings (SSSR count). The minimum absolute atomic E-state index is 0.187. The molecule has 0 aromatic heterocycles. The molecule has 29 heavy (non-hydrogen) atoms. The van der Waals surface area contributed by atoms with Gasteiger partial charge >= 0.3 is 0 Å². The number of nitrogens with zero attached hydrogens (tertiary/aromatic N) is 1. The van der Waals surface area contributed by atoms with E-state index in [1.807, 2.05) is 42.5 Å². The monoisotopic (exact) mass is 395 g/mol. The number of rotatable bonds is 9. The number of benzene rings is 2. The van der Waals surface area contributed by atoms with Gasteiger partial charge in [-0.1, -0.05) is 25.0 Å². The first kappa shape index (κ1) is 19.6. The first-order valence-electron chi connectivity index (χ1n) is 10.6. The van der Waals surface area contributed by atoms with Gasteiger partial charge in [-0.3, -0.25) is 4.79 Å². The summed E-state index contributed by atoms with van der Waals surface area (Å²) >= 11 is 0. The van der Waals surface area contributed by atoms with Gasteiger partial charge in [-0.2, -0.15) is 0 Å². The van der Waals surface area contributed by atoms with Crippen LogP contribution in [0.2, 0.25) is 0 Å². The van der Waals surface area contributed by atoms with E-state index >= 15 is 0 Å². The van der Waals surface area contributed by atoms with Crippen LogP contribution in [0.1, 0.15) is 54.4 Å². The third kappa shape index (κ3) is 4.50. The Bertz CT molecular complexity index is 845. The summed E-state index contributed by atoms with van der Waals surface area (Å²) in [5.74, 6) is 2.55. The highest BCUT2D eigenvalue weighted by molar-refractivity contribution is 5.98. The highest BCUT2D eigenvalue weighted by atomic mass is 16.5. The van der Waals surface area contributed by atoms with E-state index in [9.17, 15) is 4.79 Å². The van der Waals surface area contributed by atoms with Crippen molar-refractivity contribution < 1.29 is 19.0 Å². The van der Waals surface area contributed by atoms with Crippen LogP contribution >= 0.6 is 0 Å². The fourth-order valence-corrected chi connectivity index (χ4v) is 4.23. The normalized spacial score (nSPS) is 16.2. The molecule has 0 unspecified atom stereocenters. The lowest BCUT2D eigenvalue weighted by molar-refractivity contribution is 0.0707. The van der Waals surface area contributed by atoms with E-state index in [0.717, 1.165) is 60.6 Å². The second-order valence-corrected chi connectivity index (χ2v) is 7.75. The molecule has 1 saturated carbocycles. The molecular weight excluding hydrogens is 366 g/mol. The second kappa shape index (κ2) is 9.21. The lowest BCUT2D eigenvalue weighted by Gasteiger charge is -2.23. The summed E-state index contributed by atoms with van der Waals surface area (Å²) in [6.07, 6.45) is 6.55. The van der Waals surface area contributed by atoms with Crippen molar-refractivity contribution in [1.82, 2.24) is 4.90 Å². The minimum Gasteiger partial charge on any atom is -0.494 e. The fourth-order valence-electron chi connectivity index (χ4n) is 4.23. The van der Waals surface area contributed by atoms with Gasteiger partial charge in [0.15, 0.2) is 11.5 Å². The van der Waals surface area contributed by atoms with Crippen molar-refractivity contribution in [2.24, 2.45) is 0 Å². The van der Waals surface area contributed by atoms with E-state index < -0.39 is 0 Å². The maximum atomic E-state index is 12.7. The number of amides is 1. The molecule has 1 heterocycles. The van der Waals surface area contributed by atoms with Gasteiger partial charge < -0.3 is 19.1 Å². The summed E-state index contributed by atoms with van der Waals surface area (Å²) in [7, 11) is 1.65. The van der Waals surface area contributed by atoms with Crippen molar-refractivity contribution in [1.29, 1.82) is 0 Å². The minimum atomic E-state index is 0.187. The number of carbonyl (C=O) groups is 1. The van der Waals surface area contributed by atoms with Crippen LogP contribution in [0.4, 0.5) is 0 Å². The Balaban J connectivity index is 1.21. The summed E-state index contributed by atoms with van der Waals surface area (Å²) in [5, 5.41) is 0. The maximum absolute atomic E-state index is 12.7. The third-order valence-corrected chi connectivity index (χ3v) is 5.81. The quantitative estimate of drug-likeness (QED) is 0.571. The van der Waals surface area contributed by atoms with Gasteiger partial charge in [0.05, 0.1) is 20.3 Å². The summed E-state index contributed by atoms with van der Waals surface area (Å²) in [5.41, 5.74) is 1.94. The largest absolute Gasteiger partial charge is 0.494 e. The van der Waals surface area contributed by atoms with Gasteiger partial charge in [0.25, 0.3) is 5.91 Å².